The lowest BCUT2D eigenvalue weighted by molar-refractivity contribution is 0.0734. The van der Waals surface area contributed by atoms with Gasteiger partial charge in [0.2, 0.25) is 0 Å². The average Bonchev–Trinajstić information content (AvgIpc) is 2.78. The molecular formula is C15H12N2O3. The number of aryl methyl sites for hydroxylation is 2. The summed E-state index contributed by atoms with van der Waals surface area (Å²) in [5.74, 6) is 0.383. The van der Waals surface area contributed by atoms with Crippen LogP contribution in [0.3, 0.4) is 0 Å². The van der Waals surface area contributed by atoms with Gasteiger partial charge < -0.3 is 9.26 Å². The Kier molecular flexibility index (Phi) is 2.95. The van der Waals surface area contributed by atoms with E-state index in [9.17, 15) is 4.79 Å². The largest absolute Gasteiger partial charge is 0.420 e. The van der Waals surface area contributed by atoms with Crippen molar-refractivity contribution < 1.29 is 14.1 Å². The molecule has 0 radical (unpaired) electrons. The second-order valence-electron chi connectivity index (χ2n) is 4.42. The number of esters is 1. The molecule has 1 aromatic carbocycles. The summed E-state index contributed by atoms with van der Waals surface area (Å²) in [5, 5.41) is 4.66. The predicted octanol–water partition coefficient (Wildman–Crippen LogP) is 3.06. The van der Waals surface area contributed by atoms with Gasteiger partial charge in [-0.05, 0) is 26.0 Å². The van der Waals surface area contributed by atoms with Crippen LogP contribution < -0.4 is 4.74 Å². The lowest BCUT2D eigenvalue weighted by atomic mass is 10.2. The van der Waals surface area contributed by atoms with Crippen LogP contribution in [0, 0.1) is 13.8 Å². The molecule has 0 bridgehead atoms. The van der Waals surface area contributed by atoms with Gasteiger partial charge in [-0.1, -0.05) is 23.4 Å². The summed E-state index contributed by atoms with van der Waals surface area (Å²) < 4.78 is 10.4. The molecule has 0 fully saturated rings. The fourth-order valence-electron chi connectivity index (χ4n) is 2.08. The van der Waals surface area contributed by atoms with Crippen molar-refractivity contribution in [3.05, 3.63) is 53.5 Å². The van der Waals surface area contributed by atoms with Gasteiger partial charge in [0.05, 0.1) is 5.69 Å². The van der Waals surface area contributed by atoms with E-state index in [1.807, 2.05) is 24.3 Å². The molecule has 0 unspecified atom stereocenters. The molecule has 0 saturated carbocycles. The summed E-state index contributed by atoms with van der Waals surface area (Å²) in [6.45, 7) is 3.38. The van der Waals surface area contributed by atoms with Crippen LogP contribution in [-0.2, 0) is 0 Å². The fourth-order valence-corrected chi connectivity index (χ4v) is 2.08. The highest BCUT2D eigenvalue weighted by Crippen LogP contribution is 2.24. The summed E-state index contributed by atoms with van der Waals surface area (Å²) in [6.07, 6.45) is 1.66. The summed E-state index contributed by atoms with van der Waals surface area (Å²) in [7, 11) is 0. The van der Waals surface area contributed by atoms with Gasteiger partial charge in [0, 0.05) is 11.6 Å². The van der Waals surface area contributed by atoms with E-state index < -0.39 is 5.97 Å². The molecule has 0 spiro atoms. The zero-order chi connectivity index (χ0) is 14.1. The monoisotopic (exact) mass is 268 g/mol. The lowest BCUT2D eigenvalue weighted by Crippen LogP contribution is -2.10. The van der Waals surface area contributed by atoms with Crippen molar-refractivity contribution >= 4 is 16.9 Å². The minimum absolute atomic E-state index is 0.359. The van der Waals surface area contributed by atoms with E-state index in [1.54, 1.807) is 26.1 Å². The predicted molar refractivity (Wildman–Crippen MR) is 72.7 cm³/mol. The SMILES string of the molecule is Cc1noc(C)c1C(=O)Oc1cccc2cccnc12. The van der Waals surface area contributed by atoms with Crippen LogP contribution in [0.5, 0.6) is 5.75 Å². The van der Waals surface area contributed by atoms with E-state index in [1.165, 1.54) is 0 Å². The maximum atomic E-state index is 12.2. The number of rotatable bonds is 2. The Morgan fingerprint density at radius 1 is 1.20 bits per heavy atom. The Morgan fingerprint density at radius 2 is 2.00 bits per heavy atom. The van der Waals surface area contributed by atoms with Crippen LogP contribution in [0.2, 0.25) is 0 Å². The van der Waals surface area contributed by atoms with Gasteiger partial charge in [-0.3, -0.25) is 4.98 Å². The number of carbonyl (C=O) groups is 1. The van der Waals surface area contributed by atoms with Crippen molar-refractivity contribution in [2.75, 3.05) is 0 Å². The number of ether oxygens (including phenoxy) is 1. The molecule has 0 aliphatic rings. The smallest absolute Gasteiger partial charge is 0.349 e. The summed E-state index contributed by atoms with van der Waals surface area (Å²) >= 11 is 0. The highest BCUT2D eigenvalue weighted by Gasteiger charge is 2.20. The first-order valence-electron chi connectivity index (χ1n) is 6.15. The normalized spacial score (nSPS) is 10.7. The van der Waals surface area contributed by atoms with Gasteiger partial charge in [-0.25, -0.2) is 4.79 Å². The zero-order valence-corrected chi connectivity index (χ0v) is 11.1. The van der Waals surface area contributed by atoms with E-state index in [0.29, 0.717) is 28.3 Å². The van der Waals surface area contributed by atoms with Crippen LogP contribution in [0.25, 0.3) is 10.9 Å². The number of fused-ring (bicyclic) bond motifs is 1. The van der Waals surface area contributed by atoms with E-state index in [4.69, 9.17) is 9.26 Å². The zero-order valence-electron chi connectivity index (χ0n) is 11.1. The molecule has 0 amide bonds. The molecule has 2 heterocycles. The van der Waals surface area contributed by atoms with Gasteiger partial charge in [-0.2, -0.15) is 0 Å². The lowest BCUT2D eigenvalue weighted by Gasteiger charge is -2.06. The molecule has 0 aliphatic heterocycles. The van der Waals surface area contributed by atoms with Crippen molar-refractivity contribution in [1.82, 2.24) is 10.1 Å². The quantitative estimate of drug-likeness (QED) is 0.528. The van der Waals surface area contributed by atoms with E-state index in [-0.39, 0.29) is 0 Å². The molecule has 5 heteroatoms. The second-order valence-corrected chi connectivity index (χ2v) is 4.42. The number of benzene rings is 1. The van der Waals surface area contributed by atoms with Gasteiger partial charge in [0.15, 0.2) is 5.75 Å². The third-order valence-corrected chi connectivity index (χ3v) is 3.04. The van der Waals surface area contributed by atoms with Crippen LogP contribution in [0.15, 0.2) is 41.1 Å². The number of pyridine rings is 1. The minimum atomic E-state index is -0.487. The molecule has 0 saturated heterocycles. The van der Waals surface area contributed by atoms with E-state index >= 15 is 0 Å². The van der Waals surface area contributed by atoms with Gasteiger partial charge in [0.25, 0.3) is 0 Å². The molecule has 0 atom stereocenters. The van der Waals surface area contributed by atoms with Gasteiger partial charge in [0.1, 0.15) is 16.8 Å². The maximum Gasteiger partial charge on any atom is 0.349 e. The van der Waals surface area contributed by atoms with E-state index in [0.717, 1.165) is 5.39 Å². The first-order valence-corrected chi connectivity index (χ1v) is 6.15. The Balaban J connectivity index is 2.00. The number of aromatic nitrogens is 2. The van der Waals surface area contributed by atoms with Crippen molar-refractivity contribution in [1.29, 1.82) is 0 Å². The Labute approximate surface area is 115 Å². The number of para-hydroxylation sites is 1. The average molecular weight is 268 g/mol. The second kappa shape index (κ2) is 4.77. The van der Waals surface area contributed by atoms with Crippen molar-refractivity contribution in [2.24, 2.45) is 0 Å². The Bertz CT molecular complexity index is 768. The molecule has 20 heavy (non-hydrogen) atoms. The summed E-state index contributed by atoms with van der Waals surface area (Å²) in [5.41, 5.74) is 1.52. The number of hydrogen-bond acceptors (Lipinski definition) is 5. The molecule has 0 N–H and O–H groups in total. The molecule has 2 aromatic heterocycles. The highest BCUT2D eigenvalue weighted by atomic mass is 16.5. The van der Waals surface area contributed by atoms with Crippen molar-refractivity contribution in [3.63, 3.8) is 0 Å². The maximum absolute atomic E-state index is 12.2. The summed E-state index contributed by atoms with van der Waals surface area (Å²) in [6, 6.07) is 9.19. The number of carbonyl (C=O) groups excluding carboxylic acids is 1. The molecule has 3 rings (SSSR count). The van der Waals surface area contributed by atoms with Crippen LogP contribution in [0.1, 0.15) is 21.8 Å². The van der Waals surface area contributed by atoms with Crippen LogP contribution in [-0.4, -0.2) is 16.1 Å². The Morgan fingerprint density at radius 3 is 2.75 bits per heavy atom. The number of hydrogen-bond donors (Lipinski definition) is 0. The summed E-state index contributed by atoms with van der Waals surface area (Å²) in [4.78, 5) is 16.5. The highest BCUT2D eigenvalue weighted by molar-refractivity contribution is 5.95. The number of nitrogens with zero attached hydrogens (tertiary/aromatic N) is 2. The molecular weight excluding hydrogens is 256 g/mol. The molecule has 3 aromatic rings. The fraction of sp³-hybridized carbons (Fsp3) is 0.133. The topological polar surface area (TPSA) is 65.2 Å². The third-order valence-electron chi connectivity index (χ3n) is 3.04. The van der Waals surface area contributed by atoms with Crippen LogP contribution >= 0.6 is 0 Å². The molecule has 5 nitrogen and oxygen atoms in total. The van der Waals surface area contributed by atoms with Crippen molar-refractivity contribution in [3.8, 4) is 5.75 Å². The minimum Gasteiger partial charge on any atom is -0.420 e. The molecule has 0 aliphatic carbocycles. The third kappa shape index (κ3) is 2.03. The first-order chi connectivity index (χ1) is 9.66. The van der Waals surface area contributed by atoms with Gasteiger partial charge >= 0.3 is 5.97 Å². The van der Waals surface area contributed by atoms with Gasteiger partial charge in [-0.15, -0.1) is 0 Å². The first kappa shape index (κ1) is 12.3. The van der Waals surface area contributed by atoms with Crippen molar-refractivity contribution in [2.45, 2.75) is 13.8 Å². The van der Waals surface area contributed by atoms with Crippen LogP contribution in [0.4, 0.5) is 0 Å². The Hall–Kier alpha value is -2.69. The van der Waals surface area contributed by atoms with E-state index in [2.05, 4.69) is 10.1 Å². The molecule has 100 valence electrons. The standard InChI is InChI=1S/C15H12N2O3/c1-9-13(10(2)20-17-9)15(18)19-12-7-3-5-11-6-4-8-16-14(11)12/h3-8H,1-2H3.